The second kappa shape index (κ2) is 8.60. The minimum atomic E-state index is -3.25. The second-order valence-electron chi connectivity index (χ2n) is 6.02. The number of thioether (sulfide) groups is 1. The first kappa shape index (κ1) is 20.8. The van der Waals surface area contributed by atoms with E-state index in [1.54, 1.807) is 24.3 Å². The van der Waals surface area contributed by atoms with Crippen LogP contribution in [0.25, 0.3) is 16.6 Å². The van der Waals surface area contributed by atoms with Gasteiger partial charge in [0.1, 0.15) is 5.82 Å². The van der Waals surface area contributed by atoms with Gasteiger partial charge in [-0.05, 0) is 36.8 Å². The highest BCUT2D eigenvalue weighted by atomic mass is 35.5. The topological polar surface area (TPSA) is 81.1 Å². The van der Waals surface area contributed by atoms with Crippen LogP contribution in [0.15, 0.2) is 52.4 Å². The molecule has 3 rings (SSSR count). The summed E-state index contributed by atoms with van der Waals surface area (Å²) in [5.41, 5.74) is 0.671. The fraction of sp³-hybridized carbons (Fsp3) is 0.222. The van der Waals surface area contributed by atoms with Gasteiger partial charge in [-0.2, -0.15) is 0 Å². The first-order valence-corrected chi connectivity index (χ1v) is 11.6. The Kier molecular flexibility index (Phi) is 6.39. The summed E-state index contributed by atoms with van der Waals surface area (Å²) in [4.78, 5) is 17.6. The fourth-order valence-corrected chi connectivity index (χ4v) is 4.20. The zero-order chi connectivity index (χ0) is 20.3. The third kappa shape index (κ3) is 4.91. The van der Waals surface area contributed by atoms with Crippen LogP contribution in [0.2, 0.25) is 5.02 Å². The predicted octanol–water partition coefficient (Wildman–Crippen LogP) is 3.21. The molecule has 0 aliphatic carbocycles. The number of rotatable bonds is 7. The van der Waals surface area contributed by atoms with Gasteiger partial charge in [-0.15, -0.1) is 0 Å². The molecule has 0 radical (unpaired) electrons. The molecule has 10 heteroatoms. The third-order valence-electron chi connectivity index (χ3n) is 3.82. The van der Waals surface area contributed by atoms with E-state index in [1.807, 2.05) is 0 Å². The largest absolute Gasteiger partial charge is 0.268 e. The summed E-state index contributed by atoms with van der Waals surface area (Å²) in [6, 6.07) is 11.0. The highest BCUT2D eigenvalue weighted by Gasteiger charge is 2.14. The summed E-state index contributed by atoms with van der Waals surface area (Å²) < 4.78 is 39.6. The van der Waals surface area contributed by atoms with E-state index in [-0.39, 0.29) is 17.1 Å². The molecule has 0 saturated heterocycles. The van der Waals surface area contributed by atoms with Gasteiger partial charge in [0.25, 0.3) is 5.56 Å². The first-order chi connectivity index (χ1) is 13.3. The molecule has 2 aromatic carbocycles. The fourth-order valence-electron chi connectivity index (χ4n) is 2.55. The number of nitrogens with zero attached hydrogens (tertiary/aromatic N) is 2. The van der Waals surface area contributed by atoms with Crippen molar-refractivity contribution in [3.63, 3.8) is 0 Å². The van der Waals surface area contributed by atoms with Crippen LogP contribution < -0.4 is 10.3 Å². The highest BCUT2D eigenvalue weighted by Crippen LogP contribution is 2.24. The molecule has 0 saturated carbocycles. The molecule has 1 N–H and O–H groups in total. The molecule has 28 heavy (non-hydrogen) atoms. The van der Waals surface area contributed by atoms with Crippen molar-refractivity contribution >= 4 is 44.3 Å². The minimum absolute atomic E-state index is 0.0918. The number of nitrogens with one attached hydrogen (secondary N) is 1. The maximum absolute atomic E-state index is 13.6. The zero-order valence-corrected chi connectivity index (χ0v) is 17.2. The minimum Gasteiger partial charge on any atom is -0.268 e. The van der Waals surface area contributed by atoms with E-state index in [0.717, 1.165) is 6.26 Å². The summed E-state index contributed by atoms with van der Waals surface area (Å²) in [5.74, 6) is -0.0457. The van der Waals surface area contributed by atoms with Crippen LogP contribution in [-0.2, 0) is 10.0 Å². The smallest absolute Gasteiger partial charge is 0.266 e. The number of fused-ring (bicyclic) bond motifs is 1. The molecule has 0 unspecified atom stereocenters. The lowest BCUT2D eigenvalue weighted by Gasteiger charge is -2.13. The predicted molar refractivity (Wildman–Crippen MR) is 110 cm³/mol. The van der Waals surface area contributed by atoms with E-state index in [1.165, 1.54) is 34.5 Å². The maximum atomic E-state index is 13.6. The van der Waals surface area contributed by atoms with E-state index in [0.29, 0.717) is 33.9 Å². The van der Waals surface area contributed by atoms with Crippen LogP contribution in [0.3, 0.4) is 0 Å². The Morgan fingerprint density at radius 3 is 2.71 bits per heavy atom. The van der Waals surface area contributed by atoms with Gasteiger partial charge >= 0.3 is 0 Å². The Bertz CT molecular complexity index is 1180. The Labute approximate surface area is 170 Å². The van der Waals surface area contributed by atoms with Crippen LogP contribution in [0.4, 0.5) is 4.39 Å². The van der Waals surface area contributed by atoms with E-state index < -0.39 is 15.8 Å². The number of halogens is 2. The van der Waals surface area contributed by atoms with Gasteiger partial charge in [-0.1, -0.05) is 35.5 Å². The Balaban J connectivity index is 1.97. The summed E-state index contributed by atoms with van der Waals surface area (Å²) in [6.45, 7) is 0.284. The molecule has 0 aliphatic rings. The first-order valence-electron chi connectivity index (χ1n) is 8.31. The number of sulfonamides is 1. The number of benzene rings is 2. The van der Waals surface area contributed by atoms with Gasteiger partial charge in [0.2, 0.25) is 10.0 Å². The van der Waals surface area contributed by atoms with Crippen molar-refractivity contribution in [1.82, 2.24) is 14.3 Å². The van der Waals surface area contributed by atoms with Crippen LogP contribution in [0, 0.1) is 5.82 Å². The molecule has 0 amide bonds. The molecule has 0 bridgehead atoms. The SMILES string of the molecule is CS(=O)(=O)NCCCSc1nc2ccccc2c(=O)n1-c1ccc(F)c(Cl)c1. The van der Waals surface area contributed by atoms with Gasteiger partial charge in [-0.25, -0.2) is 22.5 Å². The van der Waals surface area contributed by atoms with E-state index >= 15 is 0 Å². The Hall–Kier alpha value is -1.94. The Morgan fingerprint density at radius 1 is 1.25 bits per heavy atom. The lowest BCUT2D eigenvalue weighted by molar-refractivity contribution is 0.587. The van der Waals surface area contributed by atoms with Crippen molar-refractivity contribution in [2.24, 2.45) is 0 Å². The molecule has 0 spiro atoms. The molecule has 0 fully saturated rings. The lowest BCUT2D eigenvalue weighted by atomic mass is 10.2. The van der Waals surface area contributed by atoms with Gasteiger partial charge in [0.15, 0.2) is 5.16 Å². The lowest BCUT2D eigenvalue weighted by Crippen LogP contribution is -2.24. The van der Waals surface area contributed by atoms with Crippen LogP contribution in [0.5, 0.6) is 0 Å². The summed E-state index contributed by atoms with van der Waals surface area (Å²) in [5, 5.41) is 0.766. The van der Waals surface area contributed by atoms with Crippen molar-refractivity contribution < 1.29 is 12.8 Å². The standard InChI is InChI=1S/C18H17ClFN3O3S2/c1-28(25,26)21-9-4-10-27-18-22-16-6-3-2-5-13(16)17(24)23(18)12-7-8-15(20)14(19)11-12/h2-3,5-8,11,21H,4,9-10H2,1H3. The number of hydrogen-bond acceptors (Lipinski definition) is 5. The van der Waals surface area contributed by atoms with Crippen molar-refractivity contribution in [3.8, 4) is 5.69 Å². The van der Waals surface area contributed by atoms with E-state index in [2.05, 4.69) is 9.71 Å². The summed E-state index contributed by atoms with van der Waals surface area (Å²) >= 11 is 7.20. The van der Waals surface area contributed by atoms with Crippen molar-refractivity contribution in [3.05, 3.63) is 63.7 Å². The number of hydrogen-bond donors (Lipinski definition) is 1. The van der Waals surface area contributed by atoms with Crippen LogP contribution in [0.1, 0.15) is 6.42 Å². The summed E-state index contributed by atoms with van der Waals surface area (Å²) in [7, 11) is -3.25. The number of aromatic nitrogens is 2. The molecule has 1 heterocycles. The normalized spacial score (nSPS) is 11.8. The average molecular weight is 442 g/mol. The third-order valence-corrected chi connectivity index (χ3v) is 5.87. The van der Waals surface area contributed by atoms with E-state index in [4.69, 9.17) is 11.6 Å². The number of para-hydroxylation sites is 1. The molecular weight excluding hydrogens is 425 g/mol. The summed E-state index contributed by atoms with van der Waals surface area (Å²) in [6.07, 6.45) is 1.64. The molecule has 3 aromatic rings. The highest BCUT2D eigenvalue weighted by molar-refractivity contribution is 7.99. The molecule has 0 aliphatic heterocycles. The molecular formula is C18H17ClFN3O3S2. The molecule has 148 valence electrons. The van der Waals surface area contributed by atoms with E-state index in [9.17, 15) is 17.6 Å². The zero-order valence-electron chi connectivity index (χ0n) is 14.9. The van der Waals surface area contributed by atoms with Gasteiger partial charge in [0, 0.05) is 12.3 Å². The van der Waals surface area contributed by atoms with Crippen LogP contribution >= 0.6 is 23.4 Å². The van der Waals surface area contributed by atoms with Gasteiger partial charge in [-0.3, -0.25) is 9.36 Å². The molecule has 0 atom stereocenters. The second-order valence-corrected chi connectivity index (χ2v) is 9.32. The molecule has 6 nitrogen and oxygen atoms in total. The monoisotopic (exact) mass is 441 g/mol. The van der Waals surface area contributed by atoms with Gasteiger partial charge in [0.05, 0.1) is 27.9 Å². The maximum Gasteiger partial charge on any atom is 0.266 e. The van der Waals surface area contributed by atoms with Crippen molar-refractivity contribution in [2.45, 2.75) is 11.6 Å². The molecule has 1 aromatic heterocycles. The van der Waals surface area contributed by atoms with Crippen molar-refractivity contribution in [2.75, 3.05) is 18.6 Å². The Morgan fingerprint density at radius 2 is 2.00 bits per heavy atom. The quantitative estimate of drug-likeness (QED) is 0.346. The van der Waals surface area contributed by atoms with Gasteiger partial charge < -0.3 is 0 Å². The average Bonchev–Trinajstić information content (AvgIpc) is 2.63. The van der Waals surface area contributed by atoms with Crippen molar-refractivity contribution in [1.29, 1.82) is 0 Å². The van der Waals surface area contributed by atoms with Crippen LogP contribution in [-0.4, -0.2) is 36.5 Å².